The average Bonchev–Trinajstić information content (AvgIpc) is 2.79. The minimum atomic E-state index is -2.27. The van der Waals surface area contributed by atoms with Crippen LogP contribution in [0, 0.1) is 0 Å². The van der Waals surface area contributed by atoms with Crippen LogP contribution in [0.3, 0.4) is 0 Å². The number of benzene rings is 2. The molecular formula is C20H18N4O6. The van der Waals surface area contributed by atoms with Crippen LogP contribution in [0.1, 0.15) is 0 Å². The number of nitrogens with zero attached hydrogens (tertiary/aromatic N) is 4. The number of hydrogen-bond donors (Lipinski definition) is 4. The van der Waals surface area contributed by atoms with Crippen molar-refractivity contribution < 1.29 is 30.0 Å². The lowest BCUT2D eigenvalue weighted by Gasteiger charge is -2.07. The molecule has 4 rings (SSSR count). The molecule has 0 saturated carbocycles. The minimum Gasteiger partial charge on any atom is -0.479 e. The maximum atomic E-state index is 9.77. The normalized spacial score (nSPS) is 11.9. The first kappa shape index (κ1) is 22.3. The fourth-order valence-electron chi connectivity index (χ4n) is 2.09. The first-order valence-corrected chi connectivity index (χ1v) is 8.53. The van der Waals surface area contributed by atoms with E-state index in [0.717, 1.165) is 22.1 Å². The van der Waals surface area contributed by atoms with Crippen molar-refractivity contribution in [3.05, 3.63) is 73.3 Å². The molecule has 4 aromatic rings. The van der Waals surface area contributed by atoms with Gasteiger partial charge in [-0.2, -0.15) is 0 Å². The third-order valence-corrected chi connectivity index (χ3v) is 3.56. The van der Waals surface area contributed by atoms with E-state index in [0.29, 0.717) is 0 Å². The van der Waals surface area contributed by atoms with Crippen molar-refractivity contribution in [1.82, 2.24) is 19.9 Å². The molecule has 154 valence electrons. The first-order valence-electron chi connectivity index (χ1n) is 8.53. The molecule has 2 unspecified atom stereocenters. The molecule has 4 N–H and O–H groups in total. The van der Waals surface area contributed by atoms with Crippen LogP contribution in [0.4, 0.5) is 0 Å². The third kappa shape index (κ3) is 6.55. The summed E-state index contributed by atoms with van der Waals surface area (Å²) in [6.45, 7) is 0. The van der Waals surface area contributed by atoms with E-state index in [2.05, 4.69) is 19.9 Å². The number of aliphatic hydroxyl groups excluding tert-OH is 2. The molecule has 0 aliphatic carbocycles. The Balaban J connectivity index is 0.000000160. The van der Waals surface area contributed by atoms with Crippen LogP contribution in [-0.4, -0.2) is 64.5 Å². The Bertz CT molecular complexity index is 904. The minimum absolute atomic E-state index is 0.949. The second-order valence-electron chi connectivity index (χ2n) is 5.66. The molecule has 10 heteroatoms. The average molecular weight is 410 g/mol. The van der Waals surface area contributed by atoms with Crippen LogP contribution in [0.25, 0.3) is 22.1 Å². The predicted octanol–water partition coefficient (Wildman–Crippen LogP) is 1.14. The summed E-state index contributed by atoms with van der Waals surface area (Å²) in [4.78, 5) is 36.0. The van der Waals surface area contributed by atoms with Gasteiger partial charge in [0.2, 0.25) is 0 Å². The summed E-state index contributed by atoms with van der Waals surface area (Å²) in [6, 6.07) is 15.6. The molecule has 2 atom stereocenters. The van der Waals surface area contributed by atoms with Crippen molar-refractivity contribution in [1.29, 1.82) is 0 Å². The van der Waals surface area contributed by atoms with E-state index in [1.54, 1.807) is 24.8 Å². The van der Waals surface area contributed by atoms with Gasteiger partial charge < -0.3 is 20.4 Å². The molecular weight excluding hydrogens is 392 g/mol. The second kappa shape index (κ2) is 11.1. The molecule has 0 saturated heterocycles. The number of rotatable bonds is 3. The summed E-state index contributed by atoms with van der Waals surface area (Å²) in [5.41, 5.74) is 3.80. The molecule has 0 radical (unpaired) electrons. The zero-order valence-electron chi connectivity index (χ0n) is 15.5. The Morgan fingerprint density at radius 1 is 0.567 bits per heavy atom. The number of hydrogen-bond acceptors (Lipinski definition) is 8. The van der Waals surface area contributed by atoms with Gasteiger partial charge in [-0.1, -0.05) is 24.3 Å². The van der Waals surface area contributed by atoms with Gasteiger partial charge in [0.1, 0.15) is 0 Å². The van der Waals surface area contributed by atoms with Crippen LogP contribution in [-0.2, 0) is 9.59 Å². The zero-order valence-corrected chi connectivity index (χ0v) is 15.5. The van der Waals surface area contributed by atoms with Crippen LogP contribution in [0.2, 0.25) is 0 Å². The maximum absolute atomic E-state index is 9.77. The number of aliphatic hydroxyl groups is 2. The molecule has 0 aliphatic rings. The highest BCUT2D eigenvalue weighted by atomic mass is 16.4. The van der Waals surface area contributed by atoms with E-state index >= 15 is 0 Å². The largest absolute Gasteiger partial charge is 0.479 e. The Morgan fingerprint density at radius 3 is 1.00 bits per heavy atom. The fourth-order valence-corrected chi connectivity index (χ4v) is 2.09. The van der Waals surface area contributed by atoms with Crippen molar-refractivity contribution in [3.63, 3.8) is 0 Å². The molecule has 0 bridgehead atoms. The summed E-state index contributed by atoms with van der Waals surface area (Å²) in [6.07, 6.45) is 2.25. The molecule has 30 heavy (non-hydrogen) atoms. The summed E-state index contributed by atoms with van der Waals surface area (Å²) in [7, 11) is 0. The van der Waals surface area contributed by atoms with Gasteiger partial charge in [0.05, 0.1) is 22.1 Å². The summed E-state index contributed by atoms with van der Waals surface area (Å²) < 4.78 is 0. The van der Waals surface area contributed by atoms with Crippen LogP contribution >= 0.6 is 0 Å². The maximum Gasteiger partial charge on any atom is 0.335 e. The van der Waals surface area contributed by atoms with E-state index in [4.69, 9.17) is 20.4 Å². The van der Waals surface area contributed by atoms with Gasteiger partial charge in [-0.15, -0.1) is 0 Å². The van der Waals surface area contributed by atoms with Gasteiger partial charge >= 0.3 is 11.9 Å². The topological polar surface area (TPSA) is 167 Å². The Labute approximate surface area is 170 Å². The molecule has 0 spiro atoms. The SMILES string of the molecule is O=C(O)C(O)C(O)C(=O)O.c1ccc2nccnc2c1.c1ccc2nccnc2c1. The Kier molecular flexibility index (Phi) is 8.24. The summed E-state index contributed by atoms with van der Waals surface area (Å²) in [5, 5.41) is 32.5. The van der Waals surface area contributed by atoms with Crippen molar-refractivity contribution in [2.24, 2.45) is 0 Å². The predicted molar refractivity (Wildman–Crippen MR) is 106 cm³/mol. The molecule has 10 nitrogen and oxygen atoms in total. The second-order valence-corrected chi connectivity index (χ2v) is 5.66. The van der Waals surface area contributed by atoms with Crippen molar-refractivity contribution in [2.45, 2.75) is 12.2 Å². The van der Waals surface area contributed by atoms with E-state index in [-0.39, 0.29) is 0 Å². The number of carbonyl (C=O) groups is 2. The van der Waals surface area contributed by atoms with E-state index in [1.165, 1.54) is 0 Å². The smallest absolute Gasteiger partial charge is 0.335 e. The molecule has 0 aliphatic heterocycles. The molecule has 2 heterocycles. The van der Waals surface area contributed by atoms with E-state index < -0.39 is 24.1 Å². The fraction of sp³-hybridized carbons (Fsp3) is 0.100. The number of aliphatic carboxylic acids is 2. The summed E-state index contributed by atoms with van der Waals surface area (Å²) >= 11 is 0. The molecule has 0 fully saturated rings. The number of carboxylic acids is 2. The standard InChI is InChI=1S/2C8H6N2.C4H6O6/c2*1-2-4-8-7(3-1)9-5-6-10-8;5-1(3(7)8)2(6)4(9)10/h2*1-6H;1-2,5-6H,(H,7,8)(H,9,10). The quantitative estimate of drug-likeness (QED) is 0.384. The lowest BCUT2D eigenvalue weighted by atomic mass is 10.2. The molecule has 2 aromatic carbocycles. The van der Waals surface area contributed by atoms with Gasteiger partial charge in [0, 0.05) is 24.8 Å². The van der Waals surface area contributed by atoms with Crippen LogP contribution in [0.5, 0.6) is 0 Å². The first-order chi connectivity index (χ1) is 14.4. The van der Waals surface area contributed by atoms with Crippen molar-refractivity contribution in [2.75, 3.05) is 0 Å². The Hall–Kier alpha value is -4.02. The monoisotopic (exact) mass is 410 g/mol. The van der Waals surface area contributed by atoms with Gasteiger partial charge in [0.15, 0.2) is 12.2 Å². The highest BCUT2D eigenvalue weighted by Gasteiger charge is 2.29. The van der Waals surface area contributed by atoms with Gasteiger partial charge in [0.25, 0.3) is 0 Å². The lowest BCUT2D eigenvalue weighted by molar-refractivity contribution is -0.165. The van der Waals surface area contributed by atoms with Gasteiger partial charge in [-0.25, -0.2) is 9.59 Å². The Morgan fingerprint density at radius 2 is 0.800 bits per heavy atom. The van der Waals surface area contributed by atoms with Gasteiger partial charge in [-0.05, 0) is 24.3 Å². The lowest BCUT2D eigenvalue weighted by Crippen LogP contribution is -2.39. The van der Waals surface area contributed by atoms with Gasteiger partial charge in [-0.3, -0.25) is 19.9 Å². The molecule has 0 amide bonds. The van der Waals surface area contributed by atoms with Crippen molar-refractivity contribution >= 4 is 34.0 Å². The number of aromatic nitrogens is 4. The van der Waals surface area contributed by atoms with E-state index in [1.807, 2.05) is 48.5 Å². The zero-order chi connectivity index (χ0) is 21.9. The number of fused-ring (bicyclic) bond motifs is 2. The summed E-state index contributed by atoms with van der Waals surface area (Å²) in [5.74, 6) is -3.54. The highest BCUT2D eigenvalue weighted by molar-refractivity contribution is 5.83. The van der Waals surface area contributed by atoms with E-state index in [9.17, 15) is 9.59 Å². The molecule has 2 aromatic heterocycles. The van der Waals surface area contributed by atoms with Crippen LogP contribution < -0.4 is 0 Å². The highest BCUT2D eigenvalue weighted by Crippen LogP contribution is 2.05. The number of carboxylic acid groups (broad SMARTS) is 2. The van der Waals surface area contributed by atoms with Crippen LogP contribution in [0.15, 0.2) is 73.3 Å². The van der Waals surface area contributed by atoms with Crippen molar-refractivity contribution in [3.8, 4) is 0 Å². The number of para-hydroxylation sites is 4. The third-order valence-electron chi connectivity index (χ3n) is 3.56.